The van der Waals surface area contributed by atoms with E-state index in [0.29, 0.717) is 5.56 Å². The smallest absolute Gasteiger partial charge is 0.312 e. The van der Waals surface area contributed by atoms with Gasteiger partial charge in [0, 0.05) is 11.8 Å². The maximum absolute atomic E-state index is 11.7. The summed E-state index contributed by atoms with van der Waals surface area (Å²) in [6.07, 6.45) is -0.197. The fraction of sp³-hybridized carbons (Fsp3) is 0.562. The standard InChI is InChI=1S/C16H23NO5/c1-15(2,19)10-13(12-8-6-5-7-9-12)16(3,17(20)21)11-14(18)22-4/h5-9,13,19H,10-11H2,1-4H3/t13-,16+/m1/s1. The van der Waals surface area contributed by atoms with Crippen molar-refractivity contribution < 1.29 is 19.6 Å². The van der Waals surface area contributed by atoms with Gasteiger partial charge < -0.3 is 9.84 Å². The Balaban J connectivity index is 3.31. The van der Waals surface area contributed by atoms with Crippen LogP contribution in [0, 0.1) is 10.1 Å². The van der Waals surface area contributed by atoms with Gasteiger partial charge in [0.05, 0.1) is 18.6 Å². The van der Waals surface area contributed by atoms with Gasteiger partial charge in [0.2, 0.25) is 5.54 Å². The van der Waals surface area contributed by atoms with E-state index in [1.165, 1.54) is 14.0 Å². The summed E-state index contributed by atoms with van der Waals surface area (Å²) in [6.45, 7) is 4.62. The molecule has 2 atom stereocenters. The van der Waals surface area contributed by atoms with Crippen LogP contribution in [0.5, 0.6) is 0 Å². The minimum atomic E-state index is -1.56. The number of nitrogens with zero attached hydrogens (tertiary/aromatic N) is 1. The first kappa shape index (κ1) is 18.1. The number of methoxy groups -OCH3 is 1. The van der Waals surface area contributed by atoms with Crippen LogP contribution in [-0.4, -0.2) is 34.2 Å². The minimum absolute atomic E-state index is 0.158. The van der Waals surface area contributed by atoms with Crippen LogP contribution in [0.15, 0.2) is 30.3 Å². The Labute approximate surface area is 130 Å². The fourth-order valence-electron chi connectivity index (χ4n) is 2.56. The summed E-state index contributed by atoms with van der Waals surface area (Å²) in [5.41, 5.74) is -1.95. The number of nitro groups is 1. The van der Waals surface area contributed by atoms with E-state index in [0.717, 1.165) is 0 Å². The summed E-state index contributed by atoms with van der Waals surface area (Å²) in [6, 6.07) is 8.93. The molecule has 0 heterocycles. The van der Waals surface area contributed by atoms with Crippen LogP contribution >= 0.6 is 0 Å². The molecule has 0 spiro atoms. The first-order valence-corrected chi connectivity index (χ1v) is 7.09. The Kier molecular flexibility index (Phi) is 5.65. The molecule has 0 unspecified atom stereocenters. The number of hydrogen-bond acceptors (Lipinski definition) is 5. The van der Waals surface area contributed by atoms with Crippen molar-refractivity contribution in [3.63, 3.8) is 0 Å². The van der Waals surface area contributed by atoms with Crippen molar-refractivity contribution in [3.8, 4) is 0 Å². The molecule has 0 saturated heterocycles. The highest BCUT2D eigenvalue weighted by Crippen LogP contribution is 2.39. The topological polar surface area (TPSA) is 89.7 Å². The molecule has 0 amide bonds. The highest BCUT2D eigenvalue weighted by atomic mass is 16.6. The monoisotopic (exact) mass is 309 g/mol. The van der Waals surface area contributed by atoms with Gasteiger partial charge in [0.1, 0.15) is 6.42 Å². The van der Waals surface area contributed by atoms with Crippen LogP contribution in [-0.2, 0) is 9.53 Å². The Bertz CT molecular complexity index is 523. The van der Waals surface area contributed by atoms with Crippen molar-refractivity contribution in [1.29, 1.82) is 0 Å². The van der Waals surface area contributed by atoms with Crippen molar-refractivity contribution in [2.75, 3.05) is 7.11 Å². The number of esters is 1. The molecule has 1 aromatic carbocycles. The molecule has 22 heavy (non-hydrogen) atoms. The molecule has 0 aliphatic rings. The summed E-state index contributed by atoms with van der Waals surface area (Å²) in [4.78, 5) is 22.9. The lowest BCUT2D eigenvalue weighted by Gasteiger charge is -2.33. The molecule has 0 saturated carbocycles. The van der Waals surface area contributed by atoms with Crippen LogP contribution in [0.3, 0.4) is 0 Å². The summed E-state index contributed by atoms with van der Waals surface area (Å²) in [5, 5.41) is 21.8. The van der Waals surface area contributed by atoms with Crippen molar-refractivity contribution in [2.24, 2.45) is 0 Å². The third-order valence-corrected chi connectivity index (χ3v) is 3.80. The van der Waals surface area contributed by atoms with Crippen molar-refractivity contribution >= 4 is 5.97 Å². The summed E-state index contributed by atoms with van der Waals surface area (Å²) in [7, 11) is 1.20. The second-order valence-corrected chi connectivity index (χ2v) is 6.35. The molecule has 6 nitrogen and oxygen atoms in total. The number of carbonyl (C=O) groups is 1. The van der Waals surface area contributed by atoms with E-state index in [4.69, 9.17) is 0 Å². The Hall–Kier alpha value is -1.95. The molecular weight excluding hydrogens is 286 g/mol. The molecule has 1 aromatic rings. The molecular formula is C16H23NO5. The molecule has 1 N–H and O–H groups in total. The van der Waals surface area contributed by atoms with E-state index < -0.39 is 28.0 Å². The highest BCUT2D eigenvalue weighted by molar-refractivity contribution is 5.70. The number of carbonyl (C=O) groups excluding carboxylic acids is 1. The largest absolute Gasteiger partial charge is 0.469 e. The lowest BCUT2D eigenvalue weighted by atomic mass is 9.73. The van der Waals surface area contributed by atoms with E-state index in [-0.39, 0.29) is 12.8 Å². The Morgan fingerprint density at radius 2 is 1.86 bits per heavy atom. The van der Waals surface area contributed by atoms with Crippen LogP contribution in [0.25, 0.3) is 0 Å². The SMILES string of the molecule is COC(=O)C[C@@](C)([C@H](CC(C)(C)O)c1ccccc1)[N+](=O)[O-]. The van der Waals surface area contributed by atoms with E-state index >= 15 is 0 Å². The van der Waals surface area contributed by atoms with Gasteiger partial charge in [0.15, 0.2) is 0 Å². The summed E-state index contributed by atoms with van der Waals surface area (Å²) in [5.74, 6) is -1.27. The minimum Gasteiger partial charge on any atom is -0.469 e. The van der Waals surface area contributed by atoms with E-state index in [2.05, 4.69) is 4.74 Å². The van der Waals surface area contributed by atoms with E-state index in [1.54, 1.807) is 38.1 Å². The second kappa shape index (κ2) is 6.87. The molecule has 0 aliphatic carbocycles. The van der Waals surface area contributed by atoms with Gasteiger partial charge in [-0.3, -0.25) is 14.9 Å². The Morgan fingerprint density at radius 3 is 2.27 bits per heavy atom. The number of benzene rings is 1. The normalized spacial score (nSPS) is 15.7. The lowest BCUT2D eigenvalue weighted by Crippen LogP contribution is -2.46. The second-order valence-electron chi connectivity index (χ2n) is 6.35. The molecule has 0 fully saturated rings. The van der Waals surface area contributed by atoms with Gasteiger partial charge in [-0.25, -0.2) is 0 Å². The molecule has 0 aliphatic heterocycles. The number of aliphatic hydroxyl groups is 1. The average molecular weight is 309 g/mol. The number of hydrogen-bond donors (Lipinski definition) is 1. The lowest BCUT2D eigenvalue weighted by molar-refractivity contribution is -0.570. The summed E-state index contributed by atoms with van der Waals surface area (Å²) >= 11 is 0. The van der Waals surface area contributed by atoms with Crippen LogP contribution in [0.1, 0.15) is 45.1 Å². The van der Waals surface area contributed by atoms with Gasteiger partial charge in [-0.15, -0.1) is 0 Å². The zero-order valence-electron chi connectivity index (χ0n) is 13.4. The number of ether oxygens (including phenoxy) is 1. The first-order valence-electron chi connectivity index (χ1n) is 7.09. The molecule has 0 aromatic heterocycles. The van der Waals surface area contributed by atoms with Crippen LogP contribution < -0.4 is 0 Å². The molecule has 0 bridgehead atoms. The fourth-order valence-corrected chi connectivity index (χ4v) is 2.56. The Morgan fingerprint density at radius 1 is 1.32 bits per heavy atom. The maximum atomic E-state index is 11.7. The predicted molar refractivity (Wildman–Crippen MR) is 82.1 cm³/mol. The van der Waals surface area contributed by atoms with Crippen molar-refractivity contribution in [2.45, 2.75) is 50.7 Å². The average Bonchev–Trinajstić information content (AvgIpc) is 2.44. The summed E-state index contributed by atoms with van der Waals surface area (Å²) < 4.78 is 4.61. The zero-order chi connectivity index (χ0) is 17.0. The molecule has 1 rings (SSSR count). The molecule has 6 heteroatoms. The molecule has 122 valence electrons. The van der Waals surface area contributed by atoms with Gasteiger partial charge >= 0.3 is 5.97 Å². The van der Waals surface area contributed by atoms with Crippen LogP contribution in [0.2, 0.25) is 0 Å². The number of rotatable bonds is 7. The van der Waals surface area contributed by atoms with Crippen molar-refractivity contribution in [1.82, 2.24) is 0 Å². The zero-order valence-corrected chi connectivity index (χ0v) is 13.4. The maximum Gasteiger partial charge on any atom is 0.312 e. The van der Waals surface area contributed by atoms with E-state index in [1.807, 2.05) is 6.07 Å². The van der Waals surface area contributed by atoms with Crippen LogP contribution in [0.4, 0.5) is 0 Å². The van der Waals surface area contributed by atoms with E-state index in [9.17, 15) is 20.0 Å². The highest BCUT2D eigenvalue weighted by Gasteiger charge is 2.50. The predicted octanol–water partition coefficient (Wildman–Crippen LogP) is 2.53. The van der Waals surface area contributed by atoms with Gasteiger partial charge in [-0.2, -0.15) is 0 Å². The van der Waals surface area contributed by atoms with Gasteiger partial charge in [-0.05, 0) is 25.8 Å². The quantitative estimate of drug-likeness (QED) is 0.475. The first-order chi connectivity index (χ1) is 10.1. The third-order valence-electron chi connectivity index (χ3n) is 3.80. The van der Waals surface area contributed by atoms with Crippen molar-refractivity contribution in [3.05, 3.63) is 46.0 Å². The third kappa shape index (κ3) is 4.53. The van der Waals surface area contributed by atoms with Gasteiger partial charge in [-0.1, -0.05) is 30.3 Å². The van der Waals surface area contributed by atoms with Gasteiger partial charge in [0.25, 0.3) is 0 Å². The molecule has 0 radical (unpaired) electrons.